The fourth-order valence-corrected chi connectivity index (χ4v) is 8.54. The number of ether oxygens (including phenoxy) is 12. The van der Waals surface area contributed by atoms with E-state index in [0.717, 1.165) is 37.5 Å². The van der Waals surface area contributed by atoms with Crippen LogP contribution >= 0.6 is 0 Å². The second-order valence-corrected chi connectivity index (χ2v) is 17.2. The Kier molecular flexibility index (Phi) is 18.6. The molecule has 3 heterocycles. The van der Waals surface area contributed by atoms with Crippen molar-refractivity contribution in [3.05, 3.63) is 144 Å². The molecule has 18 heteroatoms. The maximum atomic E-state index is 13.8. The molecule has 0 aromatic heterocycles. The van der Waals surface area contributed by atoms with Crippen molar-refractivity contribution in [1.82, 2.24) is 0 Å². The fourth-order valence-electron chi connectivity index (χ4n) is 8.54. The Morgan fingerprint density at radius 2 is 0.929 bits per heavy atom. The van der Waals surface area contributed by atoms with E-state index in [0.29, 0.717) is 0 Å². The second kappa shape index (κ2) is 25.0. The first-order valence-electron chi connectivity index (χ1n) is 23.1. The van der Waals surface area contributed by atoms with E-state index in [4.69, 9.17) is 56.8 Å². The quantitative estimate of drug-likeness (QED) is 0.0958. The summed E-state index contributed by atoms with van der Waals surface area (Å²) in [6.45, 7) is 6.69. The van der Waals surface area contributed by atoms with Gasteiger partial charge in [-0.15, -0.1) is 0 Å². The van der Waals surface area contributed by atoms with Gasteiger partial charge in [-0.25, -0.2) is 4.79 Å². The molecule has 0 radical (unpaired) electrons. The number of hydrogen-bond donors (Lipinski definition) is 2. The van der Waals surface area contributed by atoms with E-state index in [9.17, 15) is 29.4 Å². The van der Waals surface area contributed by atoms with Crippen LogP contribution in [0.25, 0.3) is 0 Å². The van der Waals surface area contributed by atoms with Gasteiger partial charge in [-0.3, -0.25) is 14.4 Å². The van der Waals surface area contributed by atoms with Gasteiger partial charge in [-0.2, -0.15) is 0 Å². The number of esters is 4. The Balaban J connectivity index is 1.26. The summed E-state index contributed by atoms with van der Waals surface area (Å²) in [4.78, 5) is 51.4. The zero-order valence-corrected chi connectivity index (χ0v) is 39.5. The van der Waals surface area contributed by atoms with Gasteiger partial charge in [0.2, 0.25) is 0 Å². The topological polar surface area (TPSA) is 219 Å². The number of carbonyl (C=O) groups is 4. The largest absolute Gasteiger partial charge is 0.456 e. The Labute approximate surface area is 405 Å². The van der Waals surface area contributed by atoms with Crippen LogP contribution in [-0.4, -0.2) is 133 Å². The van der Waals surface area contributed by atoms with Crippen LogP contribution in [0.1, 0.15) is 61.7 Å². The highest BCUT2D eigenvalue weighted by Gasteiger charge is 2.57. The second-order valence-electron chi connectivity index (χ2n) is 17.2. The van der Waals surface area contributed by atoms with E-state index in [1.54, 1.807) is 25.1 Å². The summed E-state index contributed by atoms with van der Waals surface area (Å²) in [6, 6.07) is 36.1. The van der Waals surface area contributed by atoms with Gasteiger partial charge in [0.05, 0.1) is 44.2 Å². The van der Waals surface area contributed by atoms with Gasteiger partial charge in [0, 0.05) is 20.8 Å². The number of hydrogen-bond acceptors (Lipinski definition) is 18. The zero-order valence-electron chi connectivity index (χ0n) is 39.5. The normalized spacial score (nSPS) is 30.9. The van der Waals surface area contributed by atoms with Crippen molar-refractivity contribution < 1.29 is 86.2 Å². The summed E-state index contributed by atoms with van der Waals surface area (Å²) in [7, 11) is 0. The molecule has 70 heavy (non-hydrogen) atoms. The Morgan fingerprint density at radius 1 is 0.471 bits per heavy atom. The van der Waals surface area contributed by atoms with E-state index in [-0.39, 0.29) is 32.0 Å². The molecular formula is C52H60O18. The third-order valence-corrected chi connectivity index (χ3v) is 11.8. The van der Waals surface area contributed by atoms with Gasteiger partial charge in [0.1, 0.15) is 36.6 Å². The molecule has 3 saturated heterocycles. The Bertz CT molecular complexity index is 2270. The highest BCUT2D eigenvalue weighted by atomic mass is 16.8. The van der Waals surface area contributed by atoms with Gasteiger partial charge in [-0.1, -0.05) is 109 Å². The van der Waals surface area contributed by atoms with Crippen molar-refractivity contribution in [3.63, 3.8) is 0 Å². The molecule has 15 atom stereocenters. The summed E-state index contributed by atoms with van der Waals surface area (Å²) >= 11 is 0. The van der Waals surface area contributed by atoms with Crippen molar-refractivity contribution in [1.29, 1.82) is 0 Å². The Morgan fingerprint density at radius 3 is 1.49 bits per heavy atom. The number of benzene rings is 4. The molecule has 0 spiro atoms. The van der Waals surface area contributed by atoms with Crippen LogP contribution in [-0.2, 0) is 91.0 Å². The average molecular weight is 973 g/mol. The number of aliphatic hydroxyl groups is 2. The lowest BCUT2D eigenvalue weighted by Crippen LogP contribution is -2.67. The van der Waals surface area contributed by atoms with Crippen LogP contribution in [0.3, 0.4) is 0 Å². The summed E-state index contributed by atoms with van der Waals surface area (Å²) in [5, 5.41) is 24.1. The third-order valence-electron chi connectivity index (χ3n) is 11.8. The molecule has 0 amide bonds. The lowest BCUT2D eigenvalue weighted by atomic mass is 9.95. The van der Waals surface area contributed by atoms with E-state index in [1.807, 2.05) is 91.0 Å². The van der Waals surface area contributed by atoms with E-state index in [1.165, 1.54) is 19.1 Å². The van der Waals surface area contributed by atoms with Crippen LogP contribution in [0, 0.1) is 0 Å². The van der Waals surface area contributed by atoms with E-state index < -0.39 is 116 Å². The van der Waals surface area contributed by atoms with Crippen LogP contribution < -0.4 is 0 Å². The van der Waals surface area contributed by atoms with Gasteiger partial charge in [0.15, 0.2) is 43.3 Å². The van der Waals surface area contributed by atoms with Crippen molar-refractivity contribution in [2.75, 3.05) is 6.61 Å². The molecule has 0 aliphatic carbocycles. The first-order chi connectivity index (χ1) is 33.7. The molecule has 2 N–H and O–H groups in total. The summed E-state index contributed by atoms with van der Waals surface area (Å²) in [5.74, 6) is -3.26. The highest BCUT2D eigenvalue weighted by molar-refractivity contribution is 5.89. The van der Waals surface area contributed by atoms with Gasteiger partial charge < -0.3 is 67.1 Å². The average Bonchev–Trinajstić information content (AvgIpc) is 3.34. The first kappa shape index (κ1) is 52.2. The third kappa shape index (κ3) is 13.8. The number of carbonyl (C=O) groups excluding carboxylic acids is 4. The van der Waals surface area contributed by atoms with Crippen molar-refractivity contribution in [2.45, 2.75) is 147 Å². The van der Waals surface area contributed by atoms with Gasteiger partial charge >= 0.3 is 23.9 Å². The molecule has 376 valence electrons. The van der Waals surface area contributed by atoms with Crippen LogP contribution in [0.15, 0.2) is 121 Å². The van der Waals surface area contributed by atoms with Crippen molar-refractivity contribution in [3.8, 4) is 0 Å². The smallest absolute Gasteiger partial charge is 0.338 e. The van der Waals surface area contributed by atoms with E-state index in [2.05, 4.69) is 0 Å². The number of aliphatic hydroxyl groups excluding tert-OH is 2. The monoisotopic (exact) mass is 972 g/mol. The van der Waals surface area contributed by atoms with Crippen LogP contribution in [0.4, 0.5) is 0 Å². The standard InChI is InChI=1S/C52H60O18/c1-30-42(45(47(50(58)62-30)68-49(57)38-24-16-9-17-25-38)70-52-48(66-34(5)55)46(65-33(4)54)41(31(2)63-52)64-32(3)53)69-51-44(61-28-37-22-14-8-15-23-37)40(56)43(60-27-36-20-12-7-13-21-36)39(67-51)29-59-26-35-18-10-6-11-19-35/h6-25,30-31,39-48,50-52,56,58H,26-29H2,1-5H3/t30-,31-,39+,40-,41-,42-,43+,44+,45+,46+,47+,48+,50+,51+,52-/m0/s1. The van der Waals surface area contributed by atoms with E-state index >= 15 is 0 Å². The van der Waals surface area contributed by atoms with Gasteiger partial charge in [0.25, 0.3) is 0 Å². The maximum Gasteiger partial charge on any atom is 0.338 e. The summed E-state index contributed by atoms with van der Waals surface area (Å²) in [5.41, 5.74) is 2.62. The van der Waals surface area contributed by atoms with Crippen LogP contribution in [0.5, 0.6) is 0 Å². The predicted molar refractivity (Wildman–Crippen MR) is 244 cm³/mol. The molecule has 0 saturated carbocycles. The molecule has 18 nitrogen and oxygen atoms in total. The molecule has 4 aromatic carbocycles. The molecule has 4 aromatic rings. The maximum absolute atomic E-state index is 13.8. The minimum atomic E-state index is -1.85. The molecule has 3 aliphatic heterocycles. The molecule has 3 fully saturated rings. The van der Waals surface area contributed by atoms with Crippen molar-refractivity contribution in [2.24, 2.45) is 0 Å². The lowest BCUT2D eigenvalue weighted by molar-refractivity contribution is -0.383. The molecule has 0 unspecified atom stereocenters. The first-order valence-corrected chi connectivity index (χ1v) is 23.1. The van der Waals surface area contributed by atoms with Crippen LogP contribution in [0.2, 0.25) is 0 Å². The predicted octanol–water partition coefficient (Wildman–Crippen LogP) is 4.73. The molecule has 3 aliphatic rings. The SMILES string of the molecule is CC(=O)O[C@@H]1[C@@H](OC(C)=O)[C@H](C)O[C@@H](O[C@@H]2[C@@H](O[C@H]3O[C@H](COCc4ccccc4)[C@@H](OCc4ccccc4)[C@H](O)[C@H]3OCc3ccccc3)[C@H](C)O[C@@H](O)[C@@H]2OC(=O)c2ccccc2)[C@@H]1OC(C)=O. The summed E-state index contributed by atoms with van der Waals surface area (Å²) in [6.07, 6.45) is -20.9. The minimum Gasteiger partial charge on any atom is -0.456 e. The molecular weight excluding hydrogens is 913 g/mol. The fraction of sp³-hybridized carbons (Fsp3) is 0.462. The highest BCUT2D eigenvalue weighted by Crippen LogP contribution is 2.37. The minimum absolute atomic E-state index is 0.00204. The zero-order chi connectivity index (χ0) is 49.7. The Hall–Kier alpha value is -5.64. The summed E-state index contributed by atoms with van der Waals surface area (Å²) < 4.78 is 74.5. The number of rotatable bonds is 19. The molecule has 7 rings (SSSR count). The van der Waals surface area contributed by atoms with Gasteiger partial charge in [-0.05, 0) is 42.7 Å². The van der Waals surface area contributed by atoms with Crippen molar-refractivity contribution >= 4 is 23.9 Å². The molecule has 0 bridgehead atoms. The lowest BCUT2D eigenvalue weighted by Gasteiger charge is -2.50.